The van der Waals surface area contributed by atoms with Gasteiger partial charge in [0.2, 0.25) is 0 Å². The molecule has 2 aromatic carbocycles. The summed E-state index contributed by atoms with van der Waals surface area (Å²) in [5, 5.41) is 11.0. The molecule has 1 fully saturated rings. The standard InChI is InChI=1S/C24H27F3N2O3/c1-32-19-7-4-16(5-8-19)20-15-17-14-18(24(25,26)27)6-9-21(17)29(23(31)22(20)30)13-12-28-10-2-3-11-28/h4-9,14,20,22,30H,2-3,10-13,15H2,1H3/t20-,22+/m1/s1. The number of carbonyl (C=O) groups is 1. The lowest BCUT2D eigenvalue weighted by molar-refractivity contribution is -0.137. The molecule has 2 aliphatic rings. The van der Waals surface area contributed by atoms with Crippen LogP contribution in [0.3, 0.4) is 0 Å². The topological polar surface area (TPSA) is 53.0 Å². The molecule has 0 radical (unpaired) electrons. The maximum absolute atomic E-state index is 13.4. The molecule has 0 aromatic heterocycles. The number of amides is 1. The second kappa shape index (κ2) is 9.11. The Morgan fingerprint density at radius 1 is 1.06 bits per heavy atom. The molecule has 1 saturated heterocycles. The van der Waals surface area contributed by atoms with Crippen molar-refractivity contribution in [2.45, 2.75) is 37.5 Å². The van der Waals surface area contributed by atoms with Crippen molar-refractivity contribution in [3.05, 3.63) is 59.2 Å². The number of ether oxygens (including phenoxy) is 1. The van der Waals surface area contributed by atoms with Crippen molar-refractivity contribution in [1.29, 1.82) is 0 Å². The SMILES string of the molecule is COc1ccc([C@H]2Cc3cc(C(F)(F)F)ccc3N(CCN3CCCC3)C(=O)[C@H]2O)cc1. The third kappa shape index (κ3) is 4.61. The fraction of sp³-hybridized carbons (Fsp3) is 0.458. The van der Waals surface area contributed by atoms with Crippen molar-refractivity contribution in [3.63, 3.8) is 0 Å². The molecule has 8 heteroatoms. The van der Waals surface area contributed by atoms with E-state index in [0.717, 1.165) is 38.1 Å². The van der Waals surface area contributed by atoms with Crippen LogP contribution >= 0.6 is 0 Å². The lowest BCUT2D eigenvalue weighted by atomic mass is 9.87. The summed E-state index contributed by atoms with van der Waals surface area (Å²) in [4.78, 5) is 17.0. The van der Waals surface area contributed by atoms with Crippen LogP contribution in [-0.4, -0.2) is 55.3 Å². The van der Waals surface area contributed by atoms with Crippen LogP contribution in [0.25, 0.3) is 0 Å². The second-order valence-corrected chi connectivity index (χ2v) is 8.41. The number of halogens is 3. The lowest BCUT2D eigenvalue weighted by Crippen LogP contribution is -2.44. The molecule has 0 spiro atoms. The predicted molar refractivity (Wildman–Crippen MR) is 115 cm³/mol. The molecular formula is C24H27F3N2O3. The van der Waals surface area contributed by atoms with Crippen LogP contribution in [0.4, 0.5) is 18.9 Å². The van der Waals surface area contributed by atoms with Gasteiger partial charge in [-0.3, -0.25) is 4.79 Å². The van der Waals surface area contributed by atoms with Gasteiger partial charge >= 0.3 is 6.18 Å². The first-order valence-corrected chi connectivity index (χ1v) is 10.8. The number of methoxy groups -OCH3 is 1. The fourth-order valence-electron chi connectivity index (χ4n) is 4.62. The minimum Gasteiger partial charge on any atom is -0.497 e. The Bertz CT molecular complexity index is 956. The first-order chi connectivity index (χ1) is 15.3. The summed E-state index contributed by atoms with van der Waals surface area (Å²) in [6.07, 6.45) is -3.52. The normalized spacial score (nSPS) is 22.0. The molecular weight excluding hydrogens is 421 g/mol. The monoisotopic (exact) mass is 448 g/mol. The van der Waals surface area contributed by atoms with Gasteiger partial charge in [-0.2, -0.15) is 13.2 Å². The minimum absolute atomic E-state index is 0.124. The van der Waals surface area contributed by atoms with Gasteiger partial charge in [0.05, 0.1) is 12.7 Å². The van der Waals surface area contributed by atoms with Crippen LogP contribution in [-0.2, 0) is 17.4 Å². The van der Waals surface area contributed by atoms with Crippen LogP contribution in [0.5, 0.6) is 5.75 Å². The summed E-state index contributed by atoms with van der Waals surface area (Å²) < 4.78 is 45.4. The summed E-state index contributed by atoms with van der Waals surface area (Å²) in [5.41, 5.74) is 0.772. The Morgan fingerprint density at radius 3 is 2.38 bits per heavy atom. The molecule has 1 N–H and O–H groups in total. The van der Waals surface area contributed by atoms with Gasteiger partial charge in [-0.05, 0) is 73.8 Å². The zero-order chi connectivity index (χ0) is 22.9. The highest BCUT2D eigenvalue weighted by molar-refractivity contribution is 5.98. The Balaban J connectivity index is 1.71. The van der Waals surface area contributed by atoms with Gasteiger partial charge in [-0.25, -0.2) is 0 Å². The van der Waals surface area contributed by atoms with Crippen molar-refractivity contribution in [2.24, 2.45) is 0 Å². The molecule has 0 aliphatic carbocycles. The van der Waals surface area contributed by atoms with Crippen LogP contribution < -0.4 is 9.64 Å². The first-order valence-electron chi connectivity index (χ1n) is 10.8. The van der Waals surface area contributed by atoms with Gasteiger partial charge in [0, 0.05) is 24.7 Å². The third-order valence-corrected chi connectivity index (χ3v) is 6.42. The Morgan fingerprint density at radius 2 is 1.75 bits per heavy atom. The van der Waals surface area contributed by atoms with E-state index in [4.69, 9.17) is 4.74 Å². The lowest BCUT2D eigenvalue weighted by Gasteiger charge is -2.28. The molecule has 0 unspecified atom stereocenters. The number of carbonyl (C=O) groups excluding carboxylic acids is 1. The molecule has 32 heavy (non-hydrogen) atoms. The number of fused-ring (bicyclic) bond motifs is 1. The van der Waals surface area contributed by atoms with E-state index in [1.165, 1.54) is 18.1 Å². The van der Waals surface area contributed by atoms with Crippen molar-refractivity contribution < 1.29 is 27.8 Å². The molecule has 1 amide bonds. The predicted octanol–water partition coefficient (Wildman–Crippen LogP) is 3.84. The van der Waals surface area contributed by atoms with Crippen LogP contribution in [0, 0.1) is 0 Å². The Labute approximate surface area is 185 Å². The summed E-state index contributed by atoms with van der Waals surface area (Å²) in [6, 6.07) is 10.4. The van der Waals surface area contributed by atoms with Gasteiger partial charge in [-0.1, -0.05) is 12.1 Å². The van der Waals surface area contributed by atoms with E-state index in [-0.39, 0.29) is 6.42 Å². The van der Waals surface area contributed by atoms with E-state index in [2.05, 4.69) is 4.90 Å². The summed E-state index contributed by atoms with van der Waals surface area (Å²) in [6.45, 7) is 2.83. The molecule has 5 nitrogen and oxygen atoms in total. The highest BCUT2D eigenvalue weighted by atomic mass is 19.4. The number of nitrogens with zero attached hydrogens (tertiary/aromatic N) is 2. The zero-order valence-corrected chi connectivity index (χ0v) is 17.9. The van der Waals surface area contributed by atoms with Crippen LogP contribution in [0.1, 0.15) is 35.4 Å². The Hall–Kier alpha value is -2.58. The van der Waals surface area contributed by atoms with Crippen LogP contribution in [0.2, 0.25) is 0 Å². The molecule has 172 valence electrons. The number of alkyl halides is 3. The van der Waals surface area contributed by atoms with Crippen molar-refractivity contribution >= 4 is 11.6 Å². The highest BCUT2D eigenvalue weighted by Gasteiger charge is 2.38. The highest BCUT2D eigenvalue weighted by Crippen LogP contribution is 2.39. The molecule has 0 saturated carbocycles. The molecule has 2 atom stereocenters. The first kappa shape index (κ1) is 22.6. The number of likely N-dealkylation sites (tertiary alicyclic amines) is 1. The maximum Gasteiger partial charge on any atom is 0.416 e. The number of aliphatic hydroxyl groups excluding tert-OH is 1. The number of hydrogen-bond donors (Lipinski definition) is 1. The minimum atomic E-state index is -4.49. The van der Waals surface area contributed by atoms with E-state index in [9.17, 15) is 23.1 Å². The van der Waals surface area contributed by atoms with Crippen LogP contribution in [0.15, 0.2) is 42.5 Å². The summed E-state index contributed by atoms with van der Waals surface area (Å²) in [5.74, 6) is -0.522. The largest absolute Gasteiger partial charge is 0.497 e. The second-order valence-electron chi connectivity index (χ2n) is 8.41. The molecule has 2 aliphatic heterocycles. The van der Waals surface area contributed by atoms with Gasteiger partial charge in [0.15, 0.2) is 0 Å². The number of benzene rings is 2. The van der Waals surface area contributed by atoms with Crippen molar-refractivity contribution in [2.75, 3.05) is 38.2 Å². The number of rotatable bonds is 5. The molecule has 0 bridgehead atoms. The third-order valence-electron chi connectivity index (χ3n) is 6.42. The van der Waals surface area contributed by atoms with Gasteiger partial charge < -0.3 is 19.6 Å². The molecule has 2 aromatic rings. The van der Waals surface area contributed by atoms with Crippen molar-refractivity contribution in [3.8, 4) is 5.75 Å². The Kier molecular flexibility index (Phi) is 6.44. The van der Waals surface area contributed by atoms with Gasteiger partial charge in [0.1, 0.15) is 11.9 Å². The van der Waals surface area contributed by atoms with Gasteiger partial charge in [0.25, 0.3) is 5.91 Å². The molecule has 2 heterocycles. The number of hydrogen-bond acceptors (Lipinski definition) is 4. The summed E-state index contributed by atoms with van der Waals surface area (Å²) >= 11 is 0. The quantitative estimate of drug-likeness (QED) is 0.755. The smallest absolute Gasteiger partial charge is 0.416 e. The maximum atomic E-state index is 13.4. The van der Waals surface area contributed by atoms with E-state index in [0.29, 0.717) is 35.7 Å². The van der Waals surface area contributed by atoms with E-state index >= 15 is 0 Å². The fourth-order valence-corrected chi connectivity index (χ4v) is 4.62. The number of anilines is 1. The van der Waals surface area contributed by atoms with Gasteiger partial charge in [-0.15, -0.1) is 0 Å². The average Bonchev–Trinajstić information content (AvgIpc) is 3.27. The zero-order valence-electron chi connectivity index (χ0n) is 17.9. The van der Waals surface area contributed by atoms with E-state index < -0.39 is 29.7 Å². The van der Waals surface area contributed by atoms with Crippen molar-refractivity contribution in [1.82, 2.24) is 4.90 Å². The summed E-state index contributed by atoms with van der Waals surface area (Å²) in [7, 11) is 1.53. The average molecular weight is 448 g/mol. The van der Waals surface area contributed by atoms with E-state index in [1.54, 1.807) is 24.3 Å². The molecule has 4 rings (SSSR count). The van der Waals surface area contributed by atoms with E-state index in [1.807, 2.05) is 0 Å². The number of aliphatic hydroxyl groups is 1.